The third-order valence-corrected chi connectivity index (χ3v) is 4.62. The molecule has 0 saturated heterocycles. The lowest BCUT2D eigenvalue weighted by Gasteiger charge is -2.22. The van der Waals surface area contributed by atoms with Crippen molar-refractivity contribution in [1.82, 2.24) is 0 Å². The van der Waals surface area contributed by atoms with Crippen LogP contribution in [0.5, 0.6) is 11.5 Å². The van der Waals surface area contributed by atoms with Gasteiger partial charge in [0, 0.05) is 22.6 Å². The molecule has 19 heavy (non-hydrogen) atoms. The number of nitrogens with one attached hydrogen (secondary N) is 1. The van der Waals surface area contributed by atoms with E-state index in [0.29, 0.717) is 24.7 Å². The van der Waals surface area contributed by atoms with E-state index in [1.807, 2.05) is 12.1 Å². The zero-order valence-corrected chi connectivity index (χ0v) is 13.0. The Bertz CT molecular complexity index is 487. The lowest BCUT2D eigenvalue weighted by Crippen LogP contribution is -2.19. The van der Waals surface area contributed by atoms with Crippen molar-refractivity contribution in [3.8, 4) is 11.5 Å². The predicted octanol–water partition coefficient (Wildman–Crippen LogP) is 4.21. The van der Waals surface area contributed by atoms with E-state index in [9.17, 15) is 0 Å². The summed E-state index contributed by atoms with van der Waals surface area (Å²) in [6.07, 6.45) is 3.73. The number of hydrogen-bond acceptors (Lipinski definition) is 3. The van der Waals surface area contributed by atoms with Crippen LogP contribution in [0.2, 0.25) is 0 Å². The van der Waals surface area contributed by atoms with Gasteiger partial charge in [0.2, 0.25) is 0 Å². The first-order chi connectivity index (χ1) is 9.03. The molecule has 1 heterocycles. The maximum Gasteiger partial charge on any atom is 0.163 e. The second kappa shape index (κ2) is 4.89. The van der Waals surface area contributed by atoms with Gasteiger partial charge in [-0.3, -0.25) is 0 Å². The summed E-state index contributed by atoms with van der Waals surface area (Å²) < 4.78 is 12.3. The maximum atomic E-state index is 5.64. The van der Waals surface area contributed by atoms with Gasteiger partial charge in [-0.2, -0.15) is 0 Å². The van der Waals surface area contributed by atoms with Crippen molar-refractivity contribution in [2.45, 2.75) is 39.2 Å². The minimum absolute atomic E-state index is 0.456. The molecule has 0 spiro atoms. The molecule has 3 rings (SSSR count). The summed E-state index contributed by atoms with van der Waals surface area (Å²) in [5.41, 5.74) is 1.56. The molecule has 104 valence electrons. The highest BCUT2D eigenvalue weighted by Gasteiger charge is 2.31. The summed E-state index contributed by atoms with van der Waals surface area (Å²) in [6.45, 7) is 5.94. The van der Waals surface area contributed by atoms with Crippen molar-refractivity contribution in [1.29, 1.82) is 0 Å². The summed E-state index contributed by atoms with van der Waals surface area (Å²) >= 11 is 3.61. The zero-order valence-electron chi connectivity index (χ0n) is 11.5. The van der Waals surface area contributed by atoms with E-state index in [-0.39, 0.29) is 0 Å². The van der Waals surface area contributed by atoms with Crippen LogP contribution in [0.1, 0.15) is 33.1 Å². The molecule has 1 saturated carbocycles. The molecule has 1 fully saturated rings. The van der Waals surface area contributed by atoms with Crippen LogP contribution in [0, 0.1) is 5.41 Å². The van der Waals surface area contributed by atoms with E-state index in [0.717, 1.165) is 21.7 Å². The van der Waals surface area contributed by atoms with Gasteiger partial charge >= 0.3 is 0 Å². The molecule has 1 N–H and O–H groups in total. The molecule has 1 aromatic carbocycles. The van der Waals surface area contributed by atoms with Crippen LogP contribution in [0.4, 0.5) is 5.69 Å². The van der Waals surface area contributed by atoms with E-state index in [1.165, 1.54) is 19.3 Å². The van der Waals surface area contributed by atoms with Crippen molar-refractivity contribution < 1.29 is 9.47 Å². The number of fused-ring (bicyclic) bond motifs is 1. The number of rotatable bonds is 2. The molecular formula is C15H20BrNO2. The molecular weight excluding hydrogens is 306 g/mol. The molecule has 0 radical (unpaired) electrons. The topological polar surface area (TPSA) is 30.5 Å². The fourth-order valence-corrected chi connectivity index (χ4v) is 3.39. The predicted molar refractivity (Wildman–Crippen MR) is 80.2 cm³/mol. The molecule has 1 aliphatic carbocycles. The van der Waals surface area contributed by atoms with E-state index < -0.39 is 0 Å². The van der Waals surface area contributed by atoms with Gasteiger partial charge in [0.15, 0.2) is 11.5 Å². The number of anilines is 1. The van der Waals surface area contributed by atoms with Gasteiger partial charge < -0.3 is 14.8 Å². The molecule has 3 nitrogen and oxygen atoms in total. The summed E-state index contributed by atoms with van der Waals surface area (Å²) in [5, 5.41) is 3.63. The normalized spacial score (nSPS) is 24.3. The first-order valence-corrected chi connectivity index (χ1v) is 7.68. The summed E-state index contributed by atoms with van der Waals surface area (Å²) in [6, 6.07) is 4.59. The Kier molecular flexibility index (Phi) is 3.37. The van der Waals surface area contributed by atoms with Gasteiger partial charge in [-0.05, 0) is 40.6 Å². The SMILES string of the molecule is CC1(C)CCC(Nc2cc3c(cc2Br)OCCO3)C1. The fraction of sp³-hybridized carbons (Fsp3) is 0.600. The highest BCUT2D eigenvalue weighted by molar-refractivity contribution is 9.10. The molecule has 1 unspecified atom stereocenters. The largest absolute Gasteiger partial charge is 0.486 e. The molecule has 1 aliphatic heterocycles. The van der Waals surface area contributed by atoms with E-state index in [1.54, 1.807) is 0 Å². The van der Waals surface area contributed by atoms with E-state index >= 15 is 0 Å². The first-order valence-electron chi connectivity index (χ1n) is 6.89. The molecule has 1 aromatic rings. The molecule has 0 amide bonds. The van der Waals surface area contributed by atoms with Crippen LogP contribution in [0.15, 0.2) is 16.6 Å². The van der Waals surface area contributed by atoms with Crippen LogP contribution in [-0.4, -0.2) is 19.3 Å². The maximum absolute atomic E-state index is 5.64. The van der Waals surface area contributed by atoms with Crippen molar-refractivity contribution in [2.24, 2.45) is 5.41 Å². The third kappa shape index (κ3) is 2.83. The molecule has 0 bridgehead atoms. The quantitative estimate of drug-likeness (QED) is 0.883. The Morgan fingerprint density at radius 3 is 2.53 bits per heavy atom. The molecule has 0 aromatic heterocycles. The fourth-order valence-electron chi connectivity index (χ4n) is 2.95. The minimum Gasteiger partial charge on any atom is -0.486 e. The van der Waals surface area contributed by atoms with Crippen molar-refractivity contribution in [3.05, 3.63) is 16.6 Å². The monoisotopic (exact) mass is 325 g/mol. The Morgan fingerprint density at radius 2 is 1.89 bits per heavy atom. The Hall–Kier alpha value is -0.900. The molecule has 1 atom stereocenters. The Morgan fingerprint density at radius 1 is 1.21 bits per heavy atom. The average molecular weight is 326 g/mol. The Balaban J connectivity index is 1.78. The first kappa shape index (κ1) is 13.1. The second-order valence-corrected chi connectivity index (χ2v) is 7.08. The second-order valence-electron chi connectivity index (χ2n) is 6.22. The van der Waals surface area contributed by atoms with Crippen LogP contribution in [-0.2, 0) is 0 Å². The smallest absolute Gasteiger partial charge is 0.163 e. The number of benzene rings is 1. The van der Waals surface area contributed by atoms with Crippen LogP contribution in [0.25, 0.3) is 0 Å². The Labute approximate surface area is 122 Å². The highest BCUT2D eigenvalue weighted by atomic mass is 79.9. The van der Waals surface area contributed by atoms with Crippen LogP contribution >= 0.6 is 15.9 Å². The summed E-state index contributed by atoms with van der Waals surface area (Å²) in [5.74, 6) is 1.67. The molecule has 2 aliphatic rings. The van der Waals surface area contributed by atoms with Gasteiger partial charge in [0.1, 0.15) is 13.2 Å². The lowest BCUT2D eigenvalue weighted by atomic mass is 9.92. The van der Waals surface area contributed by atoms with Crippen molar-refractivity contribution in [2.75, 3.05) is 18.5 Å². The van der Waals surface area contributed by atoms with Gasteiger partial charge in [0.25, 0.3) is 0 Å². The van der Waals surface area contributed by atoms with Crippen molar-refractivity contribution in [3.63, 3.8) is 0 Å². The van der Waals surface area contributed by atoms with Gasteiger partial charge in [-0.15, -0.1) is 0 Å². The molecule has 4 heteroatoms. The number of hydrogen-bond donors (Lipinski definition) is 1. The average Bonchev–Trinajstić information content (AvgIpc) is 2.70. The van der Waals surface area contributed by atoms with Gasteiger partial charge in [0.05, 0.1) is 5.69 Å². The number of halogens is 1. The zero-order chi connectivity index (χ0) is 13.5. The van der Waals surface area contributed by atoms with Crippen molar-refractivity contribution >= 4 is 21.6 Å². The lowest BCUT2D eigenvalue weighted by molar-refractivity contribution is 0.171. The standard InChI is InChI=1S/C15H20BrNO2/c1-15(2)4-3-10(9-15)17-12-8-14-13(7-11(12)16)18-5-6-19-14/h7-8,10,17H,3-6,9H2,1-2H3. The van der Waals surface area contributed by atoms with Gasteiger partial charge in [-0.1, -0.05) is 13.8 Å². The third-order valence-electron chi connectivity index (χ3n) is 3.96. The number of ether oxygens (including phenoxy) is 2. The summed E-state index contributed by atoms with van der Waals surface area (Å²) in [7, 11) is 0. The minimum atomic E-state index is 0.456. The van der Waals surface area contributed by atoms with Crippen LogP contribution < -0.4 is 14.8 Å². The van der Waals surface area contributed by atoms with Crippen LogP contribution in [0.3, 0.4) is 0 Å². The summed E-state index contributed by atoms with van der Waals surface area (Å²) in [4.78, 5) is 0. The van der Waals surface area contributed by atoms with E-state index in [4.69, 9.17) is 9.47 Å². The van der Waals surface area contributed by atoms with E-state index in [2.05, 4.69) is 35.1 Å². The highest BCUT2D eigenvalue weighted by Crippen LogP contribution is 2.42. The van der Waals surface area contributed by atoms with Gasteiger partial charge in [-0.25, -0.2) is 0 Å².